The molecule has 4 aromatic rings. The number of carbonyl (C=O) groups is 2. The van der Waals surface area contributed by atoms with Crippen molar-refractivity contribution in [2.24, 2.45) is 0 Å². The van der Waals surface area contributed by atoms with Crippen molar-refractivity contribution in [2.45, 2.75) is 58.2 Å². The molecule has 1 fully saturated rings. The molecule has 9 heteroatoms. The van der Waals surface area contributed by atoms with Crippen molar-refractivity contribution < 1.29 is 19.1 Å². The lowest BCUT2D eigenvalue weighted by Gasteiger charge is -2.34. The number of fused-ring (bicyclic) bond motifs is 1. The number of carbonyl (C=O) groups excluding carboxylic acids is 2. The van der Waals surface area contributed by atoms with Crippen molar-refractivity contribution in [3.8, 4) is 11.5 Å². The van der Waals surface area contributed by atoms with Gasteiger partial charge in [0, 0.05) is 17.3 Å². The smallest absolute Gasteiger partial charge is 0.249 e. The number of hydrogen-bond acceptors (Lipinski definition) is 6. The van der Waals surface area contributed by atoms with E-state index in [1.54, 1.807) is 29.9 Å². The molecule has 0 bridgehead atoms. The minimum absolute atomic E-state index is 0.0569. The second-order valence-electron chi connectivity index (χ2n) is 10.3. The first-order valence-corrected chi connectivity index (χ1v) is 13.6. The molecule has 2 amide bonds. The Morgan fingerprint density at radius 3 is 2.55 bits per heavy atom. The van der Waals surface area contributed by atoms with Crippen LogP contribution in [0.2, 0.25) is 0 Å². The fraction of sp³-hybridized carbons (Fsp3) is 0.355. The van der Waals surface area contributed by atoms with Crippen LogP contribution in [-0.2, 0) is 16.1 Å². The van der Waals surface area contributed by atoms with Crippen LogP contribution in [0.1, 0.15) is 48.4 Å². The maximum atomic E-state index is 14.4. The molecular formula is C31H35N5O4. The molecule has 1 aliphatic carbocycles. The summed E-state index contributed by atoms with van der Waals surface area (Å²) >= 11 is 0. The Morgan fingerprint density at radius 1 is 1.02 bits per heavy atom. The van der Waals surface area contributed by atoms with Gasteiger partial charge in [0.2, 0.25) is 11.8 Å². The van der Waals surface area contributed by atoms with Crippen LogP contribution in [0.4, 0.5) is 5.69 Å². The van der Waals surface area contributed by atoms with Crippen LogP contribution in [0.5, 0.6) is 11.5 Å². The predicted octanol–water partition coefficient (Wildman–Crippen LogP) is 4.90. The van der Waals surface area contributed by atoms with Gasteiger partial charge in [-0.25, -0.2) is 4.68 Å². The SMILES string of the molecule is COc1cccc([C@@H](C(=O)NC2CCCC2)N(C(=O)Cn2nnc3ccccc32)c2cc(C)ccc2C)c1OC. The zero-order chi connectivity index (χ0) is 28.2. The van der Waals surface area contributed by atoms with Crippen LogP contribution in [0.15, 0.2) is 60.7 Å². The fourth-order valence-electron chi connectivity index (χ4n) is 5.51. The van der Waals surface area contributed by atoms with E-state index in [0.717, 1.165) is 42.3 Å². The molecule has 3 aromatic carbocycles. The summed E-state index contributed by atoms with van der Waals surface area (Å²) in [6.07, 6.45) is 3.96. The molecule has 1 saturated carbocycles. The summed E-state index contributed by atoms with van der Waals surface area (Å²) in [5.74, 6) is 0.317. The Kier molecular flexibility index (Phi) is 8.00. The van der Waals surface area contributed by atoms with E-state index in [2.05, 4.69) is 15.6 Å². The molecule has 5 rings (SSSR count). The minimum atomic E-state index is -1.02. The summed E-state index contributed by atoms with van der Waals surface area (Å²) in [7, 11) is 3.09. The third-order valence-corrected chi connectivity index (χ3v) is 7.53. The van der Waals surface area contributed by atoms with E-state index >= 15 is 0 Å². The lowest BCUT2D eigenvalue weighted by atomic mass is 9.99. The van der Waals surface area contributed by atoms with Crippen molar-refractivity contribution >= 4 is 28.5 Å². The predicted molar refractivity (Wildman–Crippen MR) is 154 cm³/mol. The van der Waals surface area contributed by atoms with E-state index < -0.39 is 6.04 Å². The quantitative estimate of drug-likeness (QED) is 0.324. The number of ether oxygens (including phenoxy) is 2. The molecule has 0 radical (unpaired) electrons. The molecular weight excluding hydrogens is 506 g/mol. The average molecular weight is 542 g/mol. The molecule has 1 atom stereocenters. The lowest BCUT2D eigenvalue weighted by molar-refractivity contribution is -0.127. The summed E-state index contributed by atoms with van der Waals surface area (Å²) in [6, 6.07) is 17.8. The highest BCUT2D eigenvalue weighted by atomic mass is 16.5. The summed E-state index contributed by atoms with van der Waals surface area (Å²) in [5.41, 5.74) is 4.45. The number of benzene rings is 3. The topological polar surface area (TPSA) is 98.6 Å². The summed E-state index contributed by atoms with van der Waals surface area (Å²) < 4.78 is 12.9. The van der Waals surface area contributed by atoms with E-state index in [1.807, 2.05) is 68.4 Å². The van der Waals surface area contributed by atoms with Gasteiger partial charge in [0.1, 0.15) is 18.1 Å². The maximum absolute atomic E-state index is 14.4. The van der Waals surface area contributed by atoms with Crippen LogP contribution in [0.25, 0.3) is 11.0 Å². The monoisotopic (exact) mass is 541 g/mol. The third-order valence-electron chi connectivity index (χ3n) is 7.53. The van der Waals surface area contributed by atoms with Crippen LogP contribution in [0, 0.1) is 13.8 Å². The highest BCUT2D eigenvalue weighted by Crippen LogP contribution is 2.40. The van der Waals surface area contributed by atoms with E-state index in [0.29, 0.717) is 28.3 Å². The van der Waals surface area contributed by atoms with Gasteiger partial charge in [-0.15, -0.1) is 5.10 Å². The highest BCUT2D eigenvalue weighted by Gasteiger charge is 2.37. The van der Waals surface area contributed by atoms with Gasteiger partial charge in [-0.05, 0) is 62.1 Å². The number of nitrogens with one attached hydrogen (secondary N) is 1. The zero-order valence-corrected chi connectivity index (χ0v) is 23.4. The first kappa shape index (κ1) is 27.2. The van der Waals surface area contributed by atoms with Crippen molar-refractivity contribution in [2.75, 3.05) is 19.1 Å². The van der Waals surface area contributed by atoms with Crippen molar-refractivity contribution in [3.05, 3.63) is 77.4 Å². The number of methoxy groups -OCH3 is 2. The van der Waals surface area contributed by atoms with Crippen LogP contribution in [0.3, 0.4) is 0 Å². The number of nitrogens with zero attached hydrogens (tertiary/aromatic N) is 4. The van der Waals surface area contributed by atoms with Gasteiger partial charge in [-0.2, -0.15) is 0 Å². The first-order valence-electron chi connectivity index (χ1n) is 13.6. The van der Waals surface area contributed by atoms with Crippen molar-refractivity contribution in [3.63, 3.8) is 0 Å². The van der Waals surface area contributed by atoms with Crippen LogP contribution in [-0.4, -0.2) is 47.1 Å². The Hall–Kier alpha value is -4.40. The Labute approximate surface area is 234 Å². The number of amides is 2. The maximum Gasteiger partial charge on any atom is 0.249 e. The molecule has 0 spiro atoms. The number of anilines is 1. The Morgan fingerprint density at radius 2 is 1.80 bits per heavy atom. The number of para-hydroxylation sites is 2. The molecule has 0 saturated heterocycles. The molecule has 0 unspecified atom stereocenters. The second-order valence-corrected chi connectivity index (χ2v) is 10.3. The highest BCUT2D eigenvalue weighted by molar-refractivity contribution is 6.02. The van der Waals surface area contributed by atoms with Gasteiger partial charge < -0.3 is 14.8 Å². The first-order chi connectivity index (χ1) is 19.4. The lowest BCUT2D eigenvalue weighted by Crippen LogP contribution is -2.47. The van der Waals surface area contributed by atoms with Crippen molar-refractivity contribution in [1.29, 1.82) is 0 Å². The number of hydrogen-bond donors (Lipinski definition) is 1. The van der Waals surface area contributed by atoms with Crippen LogP contribution < -0.4 is 19.7 Å². The summed E-state index contributed by atoms with van der Waals surface area (Å²) in [5, 5.41) is 11.7. The number of aromatic nitrogens is 3. The summed E-state index contributed by atoms with van der Waals surface area (Å²) in [6.45, 7) is 3.80. The Bertz CT molecular complexity index is 1530. The largest absolute Gasteiger partial charge is 0.493 e. The van der Waals surface area contributed by atoms with Crippen molar-refractivity contribution in [1.82, 2.24) is 20.3 Å². The van der Waals surface area contributed by atoms with Gasteiger partial charge in [-0.3, -0.25) is 14.5 Å². The van der Waals surface area contributed by atoms with E-state index in [1.165, 1.54) is 0 Å². The van der Waals surface area contributed by atoms with Gasteiger partial charge in [0.15, 0.2) is 11.5 Å². The van der Waals surface area contributed by atoms with Gasteiger partial charge >= 0.3 is 0 Å². The van der Waals surface area contributed by atoms with Gasteiger partial charge in [0.05, 0.1) is 19.7 Å². The second kappa shape index (κ2) is 11.8. The molecule has 9 nitrogen and oxygen atoms in total. The molecule has 40 heavy (non-hydrogen) atoms. The molecule has 1 aromatic heterocycles. The summed E-state index contributed by atoms with van der Waals surface area (Å²) in [4.78, 5) is 30.3. The molecule has 1 N–H and O–H groups in total. The normalized spacial score (nSPS) is 14.2. The number of aryl methyl sites for hydroxylation is 2. The van der Waals surface area contributed by atoms with Gasteiger partial charge in [0.25, 0.3) is 0 Å². The van der Waals surface area contributed by atoms with E-state index in [9.17, 15) is 9.59 Å². The zero-order valence-electron chi connectivity index (χ0n) is 23.4. The standard InChI is InChI=1S/C31H35N5O4/c1-20-16-17-21(2)26(18-20)36(28(37)19-35-25-14-8-7-13-24(25)33-34-35)29(31(38)32-22-10-5-6-11-22)23-12-9-15-27(39-3)30(23)40-4/h7-9,12-18,22,29H,5-6,10-11,19H2,1-4H3,(H,32,38)/t29-/m0/s1. The molecule has 0 aliphatic heterocycles. The number of rotatable bonds is 9. The molecule has 1 heterocycles. The third kappa shape index (κ3) is 5.36. The van der Waals surface area contributed by atoms with E-state index in [4.69, 9.17) is 9.47 Å². The molecule has 1 aliphatic rings. The van der Waals surface area contributed by atoms with Gasteiger partial charge in [-0.1, -0.05) is 54.5 Å². The van der Waals surface area contributed by atoms with Crippen LogP contribution >= 0.6 is 0 Å². The Balaban J connectivity index is 1.67. The minimum Gasteiger partial charge on any atom is -0.493 e. The molecule has 208 valence electrons. The van der Waals surface area contributed by atoms with E-state index in [-0.39, 0.29) is 24.4 Å². The fourth-order valence-corrected chi connectivity index (χ4v) is 5.51. The average Bonchev–Trinajstić information content (AvgIpc) is 3.62.